The zero-order chi connectivity index (χ0) is 13.8. The number of hydrogen-bond acceptors (Lipinski definition) is 2. The fourth-order valence-electron chi connectivity index (χ4n) is 1.74. The highest BCUT2D eigenvalue weighted by atomic mass is 79.9. The Kier molecular flexibility index (Phi) is 4.56. The van der Waals surface area contributed by atoms with Crippen LogP contribution in [0.3, 0.4) is 0 Å². The number of ether oxygens (including phenoxy) is 1. The molecule has 0 saturated carbocycles. The minimum atomic E-state index is -0.382. The maximum atomic E-state index is 13.7. The van der Waals surface area contributed by atoms with Crippen LogP contribution in [-0.2, 0) is 6.54 Å². The van der Waals surface area contributed by atoms with Crippen molar-refractivity contribution in [2.75, 3.05) is 7.05 Å². The van der Waals surface area contributed by atoms with Crippen LogP contribution in [-0.4, -0.2) is 7.05 Å². The van der Waals surface area contributed by atoms with Gasteiger partial charge in [0.2, 0.25) is 0 Å². The van der Waals surface area contributed by atoms with E-state index in [1.807, 2.05) is 32.2 Å². The second-order valence-electron chi connectivity index (χ2n) is 4.31. The van der Waals surface area contributed by atoms with Gasteiger partial charge in [-0.3, -0.25) is 0 Å². The van der Waals surface area contributed by atoms with Crippen LogP contribution >= 0.6 is 15.9 Å². The van der Waals surface area contributed by atoms with E-state index in [2.05, 4.69) is 21.2 Å². The Morgan fingerprint density at radius 3 is 2.63 bits per heavy atom. The van der Waals surface area contributed by atoms with Crippen LogP contribution in [0.2, 0.25) is 0 Å². The highest BCUT2D eigenvalue weighted by Crippen LogP contribution is 2.29. The lowest BCUT2D eigenvalue weighted by molar-refractivity contribution is 0.438. The first-order valence-corrected chi connectivity index (χ1v) is 6.76. The standard InChI is InChI=1S/C15H15BrFNO/c1-10-3-4-11(9-18-2)7-15(10)19-14-6-5-12(16)8-13(14)17/h3-8,18H,9H2,1-2H3. The third kappa shape index (κ3) is 3.55. The summed E-state index contributed by atoms with van der Waals surface area (Å²) < 4.78 is 20.1. The van der Waals surface area contributed by atoms with E-state index in [0.717, 1.165) is 17.7 Å². The van der Waals surface area contributed by atoms with E-state index in [9.17, 15) is 4.39 Å². The van der Waals surface area contributed by atoms with Crippen LogP contribution in [0.5, 0.6) is 11.5 Å². The van der Waals surface area contributed by atoms with Crippen molar-refractivity contribution in [1.29, 1.82) is 0 Å². The Morgan fingerprint density at radius 1 is 1.16 bits per heavy atom. The van der Waals surface area contributed by atoms with E-state index >= 15 is 0 Å². The number of benzene rings is 2. The van der Waals surface area contributed by atoms with Gasteiger partial charge in [0, 0.05) is 11.0 Å². The van der Waals surface area contributed by atoms with Gasteiger partial charge in [-0.15, -0.1) is 0 Å². The fourth-order valence-corrected chi connectivity index (χ4v) is 2.08. The first-order chi connectivity index (χ1) is 9.10. The molecule has 0 amide bonds. The van der Waals surface area contributed by atoms with Crippen molar-refractivity contribution in [1.82, 2.24) is 5.32 Å². The Balaban J connectivity index is 2.29. The summed E-state index contributed by atoms with van der Waals surface area (Å²) in [5.74, 6) is 0.523. The first-order valence-electron chi connectivity index (χ1n) is 5.97. The quantitative estimate of drug-likeness (QED) is 0.899. The average Bonchev–Trinajstić information content (AvgIpc) is 2.37. The van der Waals surface area contributed by atoms with Crippen molar-refractivity contribution in [2.24, 2.45) is 0 Å². The van der Waals surface area contributed by atoms with Crippen LogP contribution in [0.15, 0.2) is 40.9 Å². The molecule has 2 aromatic rings. The van der Waals surface area contributed by atoms with Crippen molar-refractivity contribution in [3.05, 3.63) is 57.8 Å². The summed E-state index contributed by atoms with van der Waals surface area (Å²) in [6.07, 6.45) is 0. The highest BCUT2D eigenvalue weighted by molar-refractivity contribution is 9.10. The SMILES string of the molecule is CNCc1ccc(C)c(Oc2ccc(Br)cc2F)c1. The van der Waals surface area contributed by atoms with Crippen LogP contribution in [0.4, 0.5) is 4.39 Å². The second-order valence-corrected chi connectivity index (χ2v) is 5.22. The monoisotopic (exact) mass is 323 g/mol. The smallest absolute Gasteiger partial charge is 0.166 e. The van der Waals surface area contributed by atoms with Crippen LogP contribution in [0.1, 0.15) is 11.1 Å². The minimum absolute atomic E-state index is 0.230. The third-order valence-corrected chi connectivity index (χ3v) is 3.24. The van der Waals surface area contributed by atoms with E-state index in [0.29, 0.717) is 10.2 Å². The topological polar surface area (TPSA) is 21.3 Å². The summed E-state index contributed by atoms with van der Waals surface area (Å²) >= 11 is 3.22. The van der Waals surface area contributed by atoms with Gasteiger partial charge < -0.3 is 10.1 Å². The van der Waals surface area contributed by atoms with E-state index < -0.39 is 0 Å². The Hall–Kier alpha value is -1.39. The Bertz CT molecular complexity index is 586. The number of rotatable bonds is 4. The van der Waals surface area contributed by atoms with Crippen LogP contribution < -0.4 is 10.1 Å². The molecule has 100 valence electrons. The first kappa shape index (κ1) is 14.0. The van der Waals surface area contributed by atoms with Gasteiger partial charge in [0.1, 0.15) is 5.75 Å². The number of hydrogen-bond donors (Lipinski definition) is 1. The van der Waals surface area contributed by atoms with Crippen molar-refractivity contribution >= 4 is 15.9 Å². The molecule has 0 aliphatic carbocycles. The predicted octanol–water partition coefficient (Wildman–Crippen LogP) is 4.41. The van der Waals surface area contributed by atoms with Crippen molar-refractivity contribution in [3.63, 3.8) is 0 Å². The summed E-state index contributed by atoms with van der Waals surface area (Å²) in [5, 5.41) is 3.08. The van der Waals surface area contributed by atoms with Gasteiger partial charge in [-0.2, -0.15) is 0 Å². The average molecular weight is 324 g/mol. The molecule has 0 saturated heterocycles. The summed E-state index contributed by atoms with van der Waals surface area (Å²) in [5.41, 5.74) is 2.07. The maximum absolute atomic E-state index is 13.7. The lowest BCUT2D eigenvalue weighted by Gasteiger charge is -2.11. The maximum Gasteiger partial charge on any atom is 0.166 e. The molecule has 4 heteroatoms. The van der Waals surface area contributed by atoms with Crippen molar-refractivity contribution < 1.29 is 9.13 Å². The molecule has 0 atom stereocenters. The molecular weight excluding hydrogens is 309 g/mol. The number of halogens is 2. The van der Waals surface area contributed by atoms with E-state index in [-0.39, 0.29) is 11.6 Å². The summed E-state index contributed by atoms with van der Waals surface area (Å²) in [4.78, 5) is 0. The number of nitrogens with one attached hydrogen (secondary N) is 1. The largest absolute Gasteiger partial charge is 0.454 e. The van der Waals surface area contributed by atoms with Gasteiger partial charge in [0.15, 0.2) is 11.6 Å². The molecule has 1 N–H and O–H groups in total. The van der Waals surface area contributed by atoms with Gasteiger partial charge in [-0.1, -0.05) is 28.1 Å². The van der Waals surface area contributed by atoms with Gasteiger partial charge in [0.25, 0.3) is 0 Å². The second kappa shape index (κ2) is 6.17. The van der Waals surface area contributed by atoms with Gasteiger partial charge in [-0.05, 0) is 49.4 Å². The third-order valence-electron chi connectivity index (χ3n) is 2.75. The lowest BCUT2D eigenvalue weighted by Crippen LogP contribution is -2.05. The summed E-state index contributed by atoms with van der Waals surface area (Å²) in [6.45, 7) is 2.69. The molecule has 0 unspecified atom stereocenters. The molecule has 2 rings (SSSR count). The molecule has 2 nitrogen and oxygen atoms in total. The highest BCUT2D eigenvalue weighted by Gasteiger charge is 2.08. The van der Waals surface area contributed by atoms with Crippen molar-refractivity contribution in [3.8, 4) is 11.5 Å². The molecular formula is C15H15BrFNO. The van der Waals surface area contributed by atoms with E-state index in [1.54, 1.807) is 12.1 Å². The van der Waals surface area contributed by atoms with Crippen molar-refractivity contribution in [2.45, 2.75) is 13.5 Å². The molecule has 0 aliphatic heterocycles. The van der Waals surface area contributed by atoms with Gasteiger partial charge in [-0.25, -0.2) is 4.39 Å². The van der Waals surface area contributed by atoms with E-state index in [1.165, 1.54) is 6.07 Å². The predicted molar refractivity (Wildman–Crippen MR) is 78.1 cm³/mol. The molecule has 0 spiro atoms. The molecule has 0 radical (unpaired) electrons. The fraction of sp³-hybridized carbons (Fsp3) is 0.200. The van der Waals surface area contributed by atoms with Gasteiger partial charge >= 0.3 is 0 Å². The summed E-state index contributed by atoms with van der Waals surface area (Å²) in [6, 6.07) is 10.7. The molecule has 2 aromatic carbocycles. The molecule has 0 bridgehead atoms. The lowest BCUT2D eigenvalue weighted by atomic mass is 10.1. The number of aryl methyl sites for hydroxylation is 1. The summed E-state index contributed by atoms with van der Waals surface area (Å²) in [7, 11) is 1.88. The molecule has 0 aromatic heterocycles. The van der Waals surface area contributed by atoms with E-state index in [4.69, 9.17) is 4.74 Å². The Morgan fingerprint density at radius 2 is 1.95 bits per heavy atom. The Labute approximate surface area is 120 Å². The zero-order valence-corrected chi connectivity index (χ0v) is 12.4. The van der Waals surface area contributed by atoms with Gasteiger partial charge in [0.05, 0.1) is 0 Å². The molecule has 0 fully saturated rings. The molecule has 0 aliphatic rings. The zero-order valence-electron chi connectivity index (χ0n) is 10.8. The normalized spacial score (nSPS) is 10.5. The molecule has 19 heavy (non-hydrogen) atoms. The molecule has 0 heterocycles. The van der Waals surface area contributed by atoms with Crippen LogP contribution in [0.25, 0.3) is 0 Å². The minimum Gasteiger partial charge on any atom is -0.454 e. The van der Waals surface area contributed by atoms with Crippen LogP contribution in [0, 0.1) is 12.7 Å².